The van der Waals surface area contributed by atoms with Crippen molar-refractivity contribution in [2.45, 2.75) is 32.2 Å². The summed E-state index contributed by atoms with van der Waals surface area (Å²) in [5.41, 5.74) is 0.906. The summed E-state index contributed by atoms with van der Waals surface area (Å²) in [6.07, 6.45) is 5.56. The molecule has 0 radical (unpaired) electrons. The van der Waals surface area contributed by atoms with Crippen molar-refractivity contribution in [1.82, 2.24) is 9.47 Å². The summed E-state index contributed by atoms with van der Waals surface area (Å²) in [4.78, 5) is 30.8. The number of nitrogens with zero attached hydrogens (tertiary/aromatic N) is 3. The average molecular weight is 436 g/mol. The smallest absolute Gasteiger partial charge is 0.263 e. The Morgan fingerprint density at radius 1 is 1.10 bits per heavy atom. The summed E-state index contributed by atoms with van der Waals surface area (Å²) >= 11 is 1.31. The molecule has 2 heterocycles. The van der Waals surface area contributed by atoms with Gasteiger partial charge in [-0.1, -0.05) is 42.4 Å². The van der Waals surface area contributed by atoms with E-state index >= 15 is 0 Å². The highest BCUT2D eigenvalue weighted by Gasteiger charge is 2.25. The second-order valence-corrected chi connectivity index (χ2v) is 10.2. The van der Waals surface area contributed by atoms with E-state index in [4.69, 9.17) is 0 Å². The normalized spacial score (nSPS) is 16.0. The van der Waals surface area contributed by atoms with Gasteiger partial charge in [0.2, 0.25) is 5.91 Å². The largest absolute Gasteiger partial charge is 0.342 e. The van der Waals surface area contributed by atoms with E-state index in [1.807, 2.05) is 28.8 Å². The maximum atomic E-state index is 12.4. The molecule has 3 rings (SSSR count). The first-order valence-electron chi connectivity index (χ1n) is 9.64. The minimum atomic E-state index is -3.88. The van der Waals surface area contributed by atoms with E-state index in [1.54, 1.807) is 11.0 Å². The maximum absolute atomic E-state index is 12.4. The fourth-order valence-corrected chi connectivity index (χ4v) is 5.55. The van der Waals surface area contributed by atoms with E-state index in [0.29, 0.717) is 24.4 Å². The lowest BCUT2D eigenvalue weighted by Crippen LogP contribution is -2.37. The second-order valence-electron chi connectivity index (χ2n) is 7.08. The van der Waals surface area contributed by atoms with Crippen LogP contribution in [-0.2, 0) is 26.0 Å². The van der Waals surface area contributed by atoms with Crippen LogP contribution in [0.15, 0.2) is 41.9 Å². The maximum Gasteiger partial charge on any atom is 0.263 e. The van der Waals surface area contributed by atoms with Gasteiger partial charge in [0.25, 0.3) is 5.91 Å². The van der Waals surface area contributed by atoms with Gasteiger partial charge in [-0.3, -0.25) is 9.59 Å². The number of thiazole rings is 1. The van der Waals surface area contributed by atoms with Crippen LogP contribution >= 0.6 is 11.3 Å². The SMILES string of the molecule is C=CCn1c(=NC(=O)CS(=O)(=O)CC(=O)N2CCCCCC2)sc2ccccc21. The highest BCUT2D eigenvalue weighted by molar-refractivity contribution is 7.92. The minimum Gasteiger partial charge on any atom is -0.342 e. The van der Waals surface area contributed by atoms with E-state index in [0.717, 1.165) is 35.9 Å². The Labute approximate surface area is 174 Å². The van der Waals surface area contributed by atoms with Gasteiger partial charge in [-0.05, 0) is 25.0 Å². The molecule has 156 valence electrons. The highest BCUT2D eigenvalue weighted by atomic mass is 32.2. The molecule has 1 aromatic heterocycles. The minimum absolute atomic E-state index is 0.421. The zero-order chi connectivity index (χ0) is 20.9. The zero-order valence-electron chi connectivity index (χ0n) is 16.2. The van der Waals surface area contributed by atoms with Crippen molar-refractivity contribution < 1.29 is 18.0 Å². The number of aromatic nitrogens is 1. The van der Waals surface area contributed by atoms with Crippen molar-refractivity contribution in [3.05, 3.63) is 41.7 Å². The Hall–Kier alpha value is -2.26. The topological polar surface area (TPSA) is 88.8 Å². The summed E-state index contributed by atoms with van der Waals surface area (Å²) in [6, 6.07) is 7.61. The Bertz CT molecular complexity index is 1070. The standard InChI is InChI=1S/C20H25N3O4S2/c1-2-11-23-16-9-5-6-10-17(16)28-20(23)21-18(24)14-29(26,27)15-19(25)22-12-7-3-4-8-13-22/h2,5-6,9-10H,1,3-4,7-8,11-15H2. The number of carbonyl (C=O) groups is 2. The first-order chi connectivity index (χ1) is 13.9. The van der Waals surface area contributed by atoms with Crippen LogP contribution in [0.2, 0.25) is 0 Å². The van der Waals surface area contributed by atoms with Crippen LogP contribution in [-0.4, -0.2) is 54.3 Å². The number of sulfone groups is 1. The first kappa shape index (κ1) is 21.4. The molecule has 1 saturated heterocycles. The van der Waals surface area contributed by atoms with Gasteiger partial charge in [-0.25, -0.2) is 8.42 Å². The molecule has 1 fully saturated rings. The molecule has 1 aromatic carbocycles. The number of amides is 2. The predicted molar refractivity (Wildman–Crippen MR) is 114 cm³/mol. The summed E-state index contributed by atoms with van der Waals surface area (Å²) in [5, 5.41) is 0. The van der Waals surface area contributed by atoms with Crippen LogP contribution in [0.5, 0.6) is 0 Å². The molecule has 0 saturated carbocycles. The number of hydrogen-bond donors (Lipinski definition) is 0. The number of benzene rings is 1. The molecule has 0 bridgehead atoms. The lowest BCUT2D eigenvalue weighted by molar-refractivity contribution is -0.128. The fraction of sp³-hybridized carbons (Fsp3) is 0.450. The molecule has 1 aliphatic rings. The van der Waals surface area contributed by atoms with Crippen LogP contribution in [0.1, 0.15) is 25.7 Å². The zero-order valence-corrected chi connectivity index (χ0v) is 17.9. The van der Waals surface area contributed by atoms with Crippen LogP contribution in [0.3, 0.4) is 0 Å². The molecule has 2 aromatic rings. The molecule has 2 amide bonds. The molecule has 0 unspecified atom stereocenters. The summed E-state index contributed by atoms with van der Waals surface area (Å²) in [5.74, 6) is -2.61. The van der Waals surface area contributed by atoms with E-state index in [1.165, 1.54) is 11.3 Å². The molecular formula is C20H25N3O4S2. The number of para-hydroxylation sites is 1. The van der Waals surface area contributed by atoms with Crippen molar-refractivity contribution in [2.75, 3.05) is 24.6 Å². The van der Waals surface area contributed by atoms with Crippen molar-refractivity contribution in [2.24, 2.45) is 4.99 Å². The third kappa shape index (κ3) is 5.63. The van der Waals surface area contributed by atoms with Gasteiger partial charge in [-0.15, -0.1) is 6.58 Å². The molecule has 29 heavy (non-hydrogen) atoms. The van der Waals surface area contributed by atoms with Crippen LogP contribution in [0, 0.1) is 0 Å². The van der Waals surface area contributed by atoms with E-state index < -0.39 is 33.2 Å². The molecule has 0 N–H and O–H groups in total. The Balaban J connectivity index is 1.75. The molecule has 7 nitrogen and oxygen atoms in total. The van der Waals surface area contributed by atoms with Gasteiger partial charge in [0.05, 0.1) is 10.2 Å². The first-order valence-corrected chi connectivity index (χ1v) is 12.3. The van der Waals surface area contributed by atoms with Crippen LogP contribution in [0.25, 0.3) is 10.2 Å². The third-order valence-electron chi connectivity index (χ3n) is 4.77. The Morgan fingerprint density at radius 2 is 1.79 bits per heavy atom. The second kappa shape index (κ2) is 9.49. The molecule has 9 heteroatoms. The summed E-state index contributed by atoms with van der Waals surface area (Å²) < 4.78 is 27.6. The van der Waals surface area contributed by atoms with Gasteiger partial charge in [0, 0.05) is 19.6 Å². The van der Waals surface area contributed by atoms with Crippen molar-refractivity contribution in [1.29, 1.82) is 0 Å². The number of hydrogen-bond acceptors (Lipinski definition) is 5. The van der Waals surface area contributed by atoms with Gasteiger partial charge in [0.15, 0.2) is 14.6 Å². The van der Waals surface area contributed by atoms with Crippen molar-refractivity contribution in [3.63, 3.8) is 0 Å². The Kier molecular flexibility index (Phi) is 7.02. The van der Waals surface area contributed by atoms with E-state index in [2.05, 4.69) is 11.6 Å². The number of carbonyl (C=O) groups excluding carboxylic acids is 2. The van der Waals surface area contributed by atoms with Gasteiger partial charge >= 0.3 is 0 Å². The lowest BCUT2D eigenvalue weighted by atomic mass is 10.2. The third-order valence-corrected chi connectivity index (χ3v) is 7.20. The fourth-order valence-electron chi connectivity index (χ4n) is 3.39. The number of rotatable bonds is 6. The van der Waals surface area contributed by atoms with Crippen LogP contribution < -0.4 is 4.80 Å². The van der Waals surface area contributed by atoms with Gasteiger partial charge < -0.3 is 9.47 Å². The van der Waals surface area contributed by atoms with Gasteiger partial charge in [-0.2, -0.15) is 4.99 Å². The number of likely N-dealkylation sites (tertiary alicyclic amines) is 1. The quantitative estimate of drug-likeness (QED) is 0.650. The molecular weight excluding hydrogens is 410 g/mol. The lowest BCUT2D eigenvalue weighted by Gasteiger charge is -2.19. The molecule has 0 atom stereocenters. The molecule has 1 aliphatic heterocycles. The van der Waals surface area contributed by atoms with E-state index in [9.17, 15) is 18.0 Å². The predicted octanol–water partition coefficient (Wildman–Crippen LogP) is 2.13. The summed E-state index contributed by atoms with van der Waals surface area (Å²) in [6.45, 7) is 5.34. The van der Waals surface area contributed by atoms with Crippen LogP contribution in [0.4, 0.5) is 0 Å². The number of fused-ring (bicyclic) bond motifs is 1. The van der Waals surface area contributed by atoms with E-state index in [-0.39, 0.29) is 0 Å². The Morgan fingerprint density at radius 3 is 2.48 bits per heavy atom. The van der Waals surface area contributed by atoms with Crippen molar-refractivity contribution >= 4 is 43.2 Å². The van der Waals surface area contributed by atoms with Gasteiger partial charge in [0.1, 0.15) is 11.5 Å². The summed E-state index contributed by atoms with van der Waals surface area (Å²) in [7, 11) is -3.88. The average Bonchev–Trinajstić information content (AvgIpc) is 2.84. The monoisotopic (exact) mass is 435 g/mol. The van der Waals surface area contributed by atoms with Crippen molar-refractivity contribution in [3.8, 4) is 0 Å². The molecule has 0 spiro atoms. The highest BCUT2D eigenvalue weighted by Crippen LogP contribution is 2.16. The molecule has 0 aliphatic carbocycles. The number of allylic oxidation sites excluding steroid dienone is 1.